The highest BCUT2D eigenvalue weighted by Crippen LogP contribution is 2.32. The first-order chi connectivity index (χ1) is 14.1. The molecule has 3 N–H and O–H groups in total. The number of aromatic nitrogens is 3. The zero-order chi connectivity index (χ0) is 20.0. The number of hydrogen-bond acceptors (Lipinski definition) is 5. The average molecular weight is 390 g/mol. The number of hydrogen-bond donors (Lipinski definition) is 2. The Balaban J connectivity index is 1.50. The van der Waals surface area contributed by atoms with Gasteiger partial charge in [-0.05, 0) is 36.9 Å². The molecule has 0 spiro atoms. The fourth-order valence-electron chi connectivity index (χ4n) is 4.02. The zero-order valence-corrected chi connectivity index (χ0v) is 16.3. The van der Waals surface area contributed by atoms with E-state index in [0.717, 1.165) is 54.7 Å². The molecule has 0 amide bonds. The third-order valence-corrected chi connectivity index (χ3v) is 5.78. The van der Waals surface area contributed by atoms with Crippen molar-refractivity contribution >= 4 is 33.3 Å². The number of rotatable bonds is 3. The fourth-order valence-corrected chi connectivity index (χ4v) is 4.02. The predicted octanol–water partition coefficient (Wildman–Crippen LogP) is 3.64. The number of pyridine rings is 1. The van der Waals surface area contributed by atoms with Crippen LogP contribution in [0.3, 0.4) is 0 Å². The van der Waals surface area contributed by atoms with Gasteiger partial charge < -0.3 is 20.5 Å². The van der Waals surface area contributed by atoms with Crippen LogP contribution in [0.25, 0.3) is 33.3 Å². The van der Waals surface area contributed by atoms with Gasteiger partial charge in [0, 0.05) is 49.5 Å². The second-order valence-electron chi connectivity index (χ2n) is 7.46. The molecule has 0 radical (unpaired) electrons. The van der Waals surface area contributed by atoms with E-state index in [1.165, 1.54) is 17.8 Å². The van der Waals surface area contributed by atoms with E-state index < -0.39 is 0 Å². The Morgan fingerprint density at radius 2 is 1.90 bits per heavy atom. The summed E-state index contributed by atoms with van der Waals surface area (Å²) in [6.45, 7) is 7.53. The lowest BCUT2D eigenvalue weighted by Gasteiger charge is -2.35. The second-order valence-corrected chi connectivity index (χ2v) is 7.46. The standard InChI is InChI=1S/C22H23FN6/c1-2-28-7-9-29(10-8-28)15-4-6-18-20(12-15)27-22(26-18)17-13-25-19-11-14(23)3-5-16(19)21(17)24/h3-6,11-13H,2,7-10H2,1H3,(H2,24,25)(H,26,27). The number of halogens is 1. The van der Waals surface area contributed by atoms with Crippen molar-refractivity contribution in [2.45, 2.75) is 6.92 Å². The molecule has 0 bridgehead atoms. The van der Waals surface area contributed by atoms with E-state index in [4.69, 9.17) is 10.7 Å². The number of aromatic amines is 1. The lowest BCUT2D eigenvalue weighted by Crippen LogP contribution is -2.46. The second kappa shape index (κ2) is 7.00. The van der Waals surface area contributed by atoms with Crippen LogP contribution in [0.4, 0.5) is 15.8 Å². The third kappa shape index (κ3) is 3.17. The molecule has 1 aliphatic rings. The van der Waals surface area contributed by atoms with Gasteiger partial charge in [-0.3, -0.25) is 4.98 Å². The largest absolute Gasteiger partial charge is 0.398 e. The van der Waals surface area contributed by atoms with Crippen LogP contribution in [0.15, 0.2) is 42.6 Å². The summed E-state index contributed by atoms with van der Waals surface area (Å²) in [4.78, 5) is 17.3. The molecule has 2 aromatic carbocycles. The Kier molecular flexibility index (Phi) is 4.32. The van der Waals surface area contributed by atoms with Crippen LogP contribution in [0, 0.1) is 5.82 Å². The van der Waals surface area contributed by atoms with Crippen molar-refractivity contribution in [3.05, 3.63) is 48.4 Å². The summed E-state index contributed by atoms with van der Waals surface area (Å²) in [6, 6.07) is 10.8. The summed E-state index contributed by atoms with van der Waals surface area (Å²) in [5.74, 6) is 0.345. The van der Waals surface area contributed by atoms with Crippen molar-refractivity contribution < 1.29 is 4.39 Å². The Morgan fingerprint density at radius 1 is 1.07 bits per heavy atom. The van der Waals surface area contributed by atoms with Gasteiger partial charge in [-0.2, -0.15) is 0 Å². The number of nitrogens with zero attached hydrogens (tertiary/aromatic N) is 4. The van der Waals surface area contributed by atoms with Crippen molar-refractivity contribution in [1.29, 1.82) is 0 Å². The monoisotopic (exact) mass is 390 g/mol. The summed E-state index contributed by atoms with van der Waals surface area (Å²) in [7, 11) is 0. The van der Waals surface area contributed by atoms with Gasteiger partial charge in [-0.25, -0.2) is 9.37 Å². The number of piperazine rings is 1. The van der Waals surface area contributed by atoms with E-state index in [1.54, 1.807) is 12.3 Å². The van der Waals surface area contributed by atoms with Crippen molar-refractivity contribution in [2.75, 3.05) is 43.4 Å². The minimum absolute atomic E-state index is 0.326. The molecule has 7 heteroatoms. The molecular weight excluding hydrogens is 367 g/mol. The molecular formula is C22H23FN6. The quantitative estimate of drug-likeness (QED) is 0.559. The number of fused-ring (bicyclic) bond motifs is 2. The first-order valence-corrected chi connectivity index (χ1v) is 9.93. The number of anilines is 2. The Hall–Kier alpha value is -3.19. The number of likely N-dealkylation sites (N-methyl/N-ethyl adjacent to an activating group) is 1. The molecule has 3 heterocycles. The minimum atomic E-state index is -0.326. The Labute approximate surface area is 168 Å². The average Bonchev–Trinajstić information content (AvgIpc) is 3.17. The first-order valence-electron chi connectivity index (χ1n) is 9.93. The SMILES string of the molecule is CCN1CCN(c2ccc3nc(-c4cnc5cc(F)ccc5c4N)[nH]c3c2)CC1. The molecule has 5 rings (SSSR count). The van der Waals surface area contributed by atoms with E-state index in [1.807, 2.05) is 6.07 Å². The maximum absolute atomic E-state index is 13.5. The van der Waals surface area contributed by atoms with Crippen LogP contribution in [-0.4, -0.2) is 52.6 Å². The summed E-state index contributed by atoms with van der Waals surface area (Å²) in [5.41, 5.74) is 11.2. The maximum atomic E-state index is 13.5. The van der Waals surface area contributed by atoms with Gasteiger partial charge in [0.1, 0.15) is 11.6 Å². The summed E-state index contributed by atoms with van der Waals surface area (Å²) in [6.07, 6.45) is 1.65. The van der Waals surface area contributed by atoms with Gasteiger partial charge in [-0.15, -0.1) is 0 Å². The van der Waals surface area contributed by atoms with Crippen LogP contribution >= 0.6 is 0 Å². The number of imidazole rings is 1. The third-order valence-electron chi connectivity index (χ3n) is 5.78. The lowest BCUT2D eigenvalue weighted by atomic mass is 10.1. The topological polar surface area (TPSA) is 74.1 Å². The van der Waals surface area contributed by atoms with Crippen molar-refractivity contribution in [1.82, 2.24) is 19.9 Å². The molecule has 29 heavy (non-hydrogen) atoms. The number of benzene rings is 2. The number of H-pyrrole nitrogens is 1. The summed E-state index contributed by atoms with van der Waals surface area (Å²) in [5, 5.41) is 0.721. The van der Waals surface area contributed by atoms with Gasteiger partial charge in [-0.1, -0.05) is 6.92 Å². The van der Waals surface area contributed by atoms with E-state index in [-0.39, 0.29) is 5.82 Å². The molecule has 2 aromatic heterocycles. The summed E-state index contributed by atoms with van der Waals surface area (Å²) < 4.78 is 13.5. The molecule has 1 fully saturated rings. The van der Waals surface area contributed by atoms with Gasteiger partial charge in [0.15, 0.2) is 0 Å². The molecule has 4 aromatic rings. The van der Waals surface area contributed by atoms with E-state index in [2.05, 4.69) is 38.8 Å². The zero-order valence-electron chi connectivity index (χ0n) is 16.3. The van der Waals surface area contributed by atoms with Crippen LogP contribution < -0.4 is 10.6 Å². The van der Waals surface area contributed by atoms with Crippen molar-refractivity contribution in [2.24, 2.45) is 0 Å². The van der Waals surface area contributed by atoms with E-state index in [9.17, 15) is 4.39 Å². The molecule has 0 atom stereocenters. The van der Waals surface area contributed by atoms with Gasteiger partial charge in [0.05, 0.1) is 27.8 Å². The lowest BCUT2D eigenvalue weighted by molar-refractivity contribution is 0.271. The normalized spacial score (nSPS) is 15.4. The maximum Gasteiger partial charge on any atom is 0.142 e. The number of nitrogens with one attached hydrogen (secondary N) is 1. The molecule has 0 unspecified atom stereocenters. The Bertz CT molecular complexity index is 1190. The van der Waals surface area contributed by atoms with Gasteiger partial charge in [0.25, 0.3) is 0 Å². The van der Waals surface area contributed by atoms with Crippen molar-refractivity contribution in [3.8, 4) is 11.4 Å². The highest BCUT2D eigenvalue weighted by atomic mass is 19.1. The molecule has 0 saturated carbocycles. The minimum Gasteiger partial charge on any atom is -0.398 e. The molecule has 6 nitrogen and oxygen atoms in total. The van der Waals surface area contributed by atoms with Crippen LogP contribution in [0.1, 0.15) is 6.92 Å². The fraction of sp³-hybridized carbons (Fsp3) is 0.273. The molecule has 1 saturated heterocycles. The van der Waals surface area contributed by atoms with Gasteiger partial charge >= 0.3 is 0 Å². The first kappa shape index (κ1) is 17.9. The summed E-state index contributed by atoms with van der Waals surface area (Å²) >= 11 is 0. The molecule has 1 aliphatic heterocycles. The molecule has 148 valence electrons. The smallest absolute Gasteiger partial charge is 0.142 e. The van der Waals surface area contributed by atoms with Crippen LogP contribution in [0.5, 0.6) is 0 Å². The van der Waals surface area contributed by atoms with Crippen LogP contribution in [0.2, 0.25) is 0 Å². The number of nitrogens with two attached hydrogens (primary N) is 1. The Morgan fingerprint density at radius 3 is 2.69 bits per heavy atom. The van der Waals surface area contributed by atoms with Crippen molar-refractivity contribution in [3.63, 3.8) is 0 Å². The van der Waals surface area contributed by atoms with Gasteiger partial charge in [0.2, 0.25) is 0 Å². The predicted molar refractivity (Wildman–Crippen MR) is 116 cm³/mol. The van der Waals surface area contributed by atoms with E-state index >= 15 is 0 Å². The molecule has 0 aliphatic carbocycles. The highest BCUT2D eigenvalue weighted by Gasteiger charge is 2.17. The highest BCUT2D eigenvalue weighted by molar-refractivity contribution is 5.98. The number of nitrogen functional groups attached to an aromatic ring is 1. The van der Waals surface area contributed by atoms with E-state index in [0.29, 0.717) is 17.0 Å². The van der Waals surface area contributed by atoms with Crippen LogP contribution in [-0.2, 0) is 0 Å².